The quantitative estimate of drug-likeness (QED) is 0.700. The number of aliphatic hydroxyl groups is 1. The summed E-state index contributed by atoms with van der Waals surface area (Å²) < 4.78 is 5.71. The summed E-state index contributed by atoms with van der Waals surface area (Å²) in [6.45, 7) is 2.73. The van der Waals surface area contributed by atoms with Crippen LogP contribution >= 0.6 is 0 Å². The number of fused-ring (bicyclic) bond motifs is 1. The van der Waals surface area contributed by atoms with E-state index in [4.69, 9.17) is 4.74 Å². The SMILES string of the molecule is C[C@H](NC[C@H](O)COc1ccc2ccccc2c1)c1ccccn1. The lowest BCUT2D eigenvalue weighted by atomic mass is 10.1. The van der Waals surface area contributed by atoms with Crippen LogP contribution in [0.3, 0.4) is 0 Å². The summed E-state index contributed by atoms with van der Waals surface area (Å²) in [4.78, 5) is 4.30. The fourth-order valence-electron chi connectivity index (χ4n) is 2.56. The van der Waals surface area contributed by atoms with E-state index in [1.54, 1.807) is 6.20 Å². The first kappa shape index (κ1) is 16.4. The molecule has 0 amide bonds. The molecule has 24 heavy (non-hydrogen) atoms. The van der Waals surface area contributed by atoms with Crippen molar-refractivity contribution in [1.82, 2.24) is 10.3 Å². The van der Waals surface area contributed by atoms with Crippen LogP contribution in [0.4, 0.5) is 0 Å². The Bertz CT molecular complexity index is 777. The van der Waals surface area contributed by atoms with Crippen LogP contribution in [0.2, 0.25) is 0 Å². The van der Waals surface area contributed by atoms with Crippen LogP contribution < -0.4 is 10.1 Å². The van der Waals surface area contributed by atoms with Crippen molar-refractivity contribution in [3.63, 3.8) is 0 Å². The van der Waals surface area contributed by atoms with Gasteiger partial charge in [-0.2, -0.15) is 0 Å². The van der Waals surface area contributed by atoms with E-state index in [0.717, 1.165) is 16.8 Å². The fourth-order valence-corrected chi connectivity index (χ4v) is 2.56. The molecule has 0 spiro atoms. The van der Waals surface area contributed by atoms with Gasteiger partial charge in [-0.1, -0.05) is 36.4 Å². The molecule has 0 aliphatic carbocycles. The molecule has 0 saturated carbocycles. The smallest absolute Gasteiger partial charge is 0.120 e. The van der Waals surface area contributed by atoms with Crippen LogP contribution in [0.5, 0.6) is 5.75 Å². The molecule has 4 nitrogen and oxygen atoms in total. The van der Waals surface area contributed by atoms with Crippen molar-refractivity contribution in [1.29, 1.82) is 0 Å². The lowest BCUT2D eigenvalue weighted by Gasteiger charge is -2.17. The van der Waals surface area contributed by atoms with E-state index in [1.807, 2.05) is 55.5 Å². The molecule has 3 rings (SSSR count). The molecule has 2 N–H and O–H groups in total. The van der Waals surface area contributed by atoms with E-state index in [-0.39, 0.29) is 12.6 Å². The van der Waals surface area contributed by atoms with Crippen molar-refractivity contribution in [2.24, 2.45) is 0 Å². The molecule has 1 heterocycles. The van der Waals surface area contributed by atoms with Gasteiger partial charge >= 0.3 is 0 Å². The highest BCUT2D eigenvalue weighted by molar-refractivity contribution is 5.83. The highest BCUT2D eigenvalue weighted by atomic mass is 16.5. The third-order valence-electron chi connectivity index (χ3n) is 3.95. The predicted molar refractivity (Wildman–Crippen MR) is 96.1 cm³/mol. The van der Waals surface area contributed by atoms with Crippen LogP contribution in [0.15, 0.2) is 66.9 Å². The first-order chi connectivity index (χ1) is 11.7. The van der Waals surface area contributed by atoms with Gasteiger partial charge in [-0.15, -0.1) is 0 Å². The van der Waals surface area contributed by atoms with Crippen molar-refractivity contribution in [2.45, 2.75) is 19.1 Å². The van der Waals surface area contributed by atoms with E-state index in [9.17, 15) is 5.11 Å². The van der Waals surface area contributed by atoms with Crippen molar-refractivity contribution >= 4 is 10.8 Å². The Hall–Kier alpha value is -2.43. The molecule has 4 heteroatoms. The van der Waals surface area contributed by atoms with E-state index in [1.165, 1.54) is 5.39 Å². The lowest BCUT2D eigenvalue weighted by molar-refractivity contribution is 0.104. The number of aliphatic hydroxyl groups excluding tert-OH is 1. The number of benzene rings is 2. The number of rotatable bonds is 7. The molecule has 0 saturated heterocycles. The van der Waals surface area contributed by atoms with E-state index in [0.29, 0.717) is 6.54 Å². The van der Waals surface area contributed by atoms with Gasteiger partial charge < -0.3 is 15.2 Å². The van der Waals surface area contributed by atoms with Gasteiger partial charge in [0.2, 0.25) is 0 Å². The van der Waals surface area contributed by atoms with Gasteiger partial charge in [0, 0.05) is 18.8 Å². The Morgan fingerprint density at radius 1 is 1.04 bits per heavy atom. The third-order valence-corrected chi connectivity index (χ3v) is 3.95. The molecule has 2 aromatic carbocycles. The average Bonchev–Trinajstić information content (AvgIpc) is 2.65. The second kappa shape index (κ2) is 7.90. The normalized spacial score (nSPS) is 13.6. The molecule has 1 aromatic heterocycles. The predicted octanol–water partition coefficient (Wildman–Crippen LogP) is 3.33. The number of hydrogen-bond acceptors (Lipinski definition) is 4. The average molecular weight is 322 g/mol. The van der Waals surface area contributed by atoms with Gasteiger partial charge in [-0.3, -0.25) is 4.98 Å². The summed E-state index contributed by atoms with van der Waals surface area (Å²) in [5, 5.41) is 15.7. The number of hydrogen-bond donors (Lipinski definition) is 2. The van der Waals surface area contributed by atoms with Crippen LogP contribution in [0, 0.1) is 0 Å². The fraction of sp³-hybridized carbons (Fsp3) is 0.250. The molecule has 3 aromatic rings. The number of ether oxygens (including phenoxy) is 1. The maximum Gasteiger partial charge on any atom is 0.120 e. The third kappa shape index (κ3) is 4.31. The van der Waals surface area contributed by atoms with Crippen LogP contribution in [0.25, 0.3) is 10.8 Å². The maximum atomic E-state index is 10.1. The first-order valence-electron chi connectivity index (χ1n) is 8.16. The first-order valence-corrected chi connectivity index (χ1v) is 8.16. The highest BCUT2D eigenvalue weighted by Crippen LogP contribution is 2.20. The molecule has 0 fully saturated rings. The Labute approximate surface area is 142 Å². The minimum Gasteiger partial charge on any atom is -0.491 e. The largest absolute Gasteiger partial charge is 0.491 e. The molecule has 0 bridgehead atoms. The van der Waals surface area contributed by atoms with E-state index in [2.05, 4.69) is 22.4 Å². The standard InChI is InChI=1S/C20H22N2O2/c1-15(20-8-4-5-11-21-20)22-13-18(23)14-24-19-10-9-16-6-2-3-7-17(16)12-19/h2-12,15,18,22-23H,13-14H2,1H3/t15-,18-/m0/s1. The zero-order valence-corrected chi connectivity index (χ0v) is 13.7. The minimum atomic E-state index is -0.581. The minimum absolute atomic E-state index is 0.0847. The van der Waals surface area contributed by atoms with Gasteiger partial charge in [0.05, 0.1) is 5.69 Å². The summed E-state index contributed by atoms with van der Waals surface area (Å²) in [6.07, 6.45) is 1.19. The molecular formula is C20H22N2O2. The van der Waals surface area contributed by atoms with Gasteiger partial charge in [0.25, 0.3) is 0 Å². The Morgan fingerprint density at radius 3 is 2.62 bits per heavy atom. The van der Waals surface area contributed by atoms with Crippen molar-refractivity contribution in [2.75, 3.05) is 13.2 Å². The number of pyridine rings is 1. The number of nitrogens with zero attached hydrogens (tertiary/aromatic N) is 1. The van der Waals surface area contributed by atoms with Gasteiger partial charge in [-0.05, 0) is 42.0 Å². The van der Waals surface area contributed by atoms with Crippen LogP contribution in [-0.4, -0.2) is 29.3 Å². The molecule has 0 radical (unpaired) electrons. The Balaban J connectivity index is 1.48. The zero-order valence-electron chi connectivity index (χ0n) is 13.7. The van der Waals surface area contributed by atoms with Crippen molar-refractivity contribution < 1.29 is 9.84 Å². The lowest BCUT2D eigenvalue weighted by Crippen LogP contribution is -2.33. The molecule has 124 valence electrons. The zero-order chi connectivity index (χ0) is 16.8. The maximum absolute atomic E-state index is 10.1. The summed E-state index contributed by atoms with van der Waals surface area (Å²) >= 11 is 0. The monoisotopic (exact) mass is 322 g/mol. The topological polar surface area (TPSA) is 54.4 Å². The summed E-state index contributed by atoms with van der Waals surface area (Å²) in [6, 6.07) is 20.0. The summed E-state index contributed by atoms with van der Waals surface area (Å²) in [7, 11) is 0. The molecule has 0 unspecified atom stereocenters. The van der Waals surface area contributed by atoms with Gasteiger partial charge in [0.15, 0.2) is 0 Å². The Kier molecular flexibility index (Phi) is 5.41. The van der Waals surface area contributed by atoms with Crippen molar-refractivity contribution in [3.8, 4) is 5.75 Å². The van der Waals surface area contributed by atoms with Crippen LogP contribution in [0.1, 0.15) is 18.7 Å². The second-order valence-corrected chi connectivity index (χ2v) is 5.86. The van der Waals surface area contributed by atoms with E-state index >= 15 is 0 Å². The Morgan fingerprint density at radius 2 is 1.83 bits per heavy atom. The molecule has 0 aliphatic heterocycles. The molecular weight excluding hydrogens is 300 g/mol. The second-order valence-electron chi connectivity index (χ2n) is 5.86. The van der Waals surface area contributed by atoms with Gasteiger partial charge in [0.1, 0.15) is 18.5 Å². The van der Waals surface area contributed by atoms with Crippen LogP contribution in [-0.2, 0) is 0 Å². The molecule has 2 atom stereocenters. The summed E-state index contributed by atoms with van der Waals surface area (Å²) in [5.41, 5.74) is 0.958. The molecule has 0 aliphatic rings. The number of aromatic nitrogens is 1. The van der Waals surface area contributed by atoms with E-state index < -0.39 is 6.10 Å². The van der Waals surface area contributed by atoms with Gasteiger partial charge in [-0.25, -0.2) is 0 Å². The number of nitrogens with one attached hydrogen (secondary N) is 1. The summed E-state index contributed by atoms with van der Waals surface area (Å²) in [5.74, 6) is 0.769. The highest BCUT2D eigenvalue weighted by Gasteiger charge is 2.10. The van der Waals surface area contributed by atoms with Crippen molar-refractivity contribution in [3.05, 3.63) is 72.6 Å².